The maximum atomic E-state index is 13.4. The molecule has 0 saturated carbocycles. The van der Waals surface area contributed by atoms with Crippen LogP contribution in [-0.4, -0.2) is 19.6 Å². The molecule has 0 aliphatic carbocycles. The van der Waals surface area contributed by atoms with Crippen LogP contribution >= 0.6 is 0 Å². The summed E-state index contributed by atoms with van der Waals surface area (Å²) in [6.45, 7) is 0.484. The fourth-order valence-electron chi connectivity index (χ4n) is 1.35. The summed E-state index contributed by atoms with van der Waals surface area (Å²) in [5.74, 6) is -1.35. The lowest BCUT2D eigenvalue weighted by molar-refractivity contribution is -0.110. The molecular weight excluding hydrogens is 216 g/mol. The second-order valence-electron chi connectivity index (χ2n) is 3.16. The van der Waals surface area contributed by atoms with Gasteiger partial charge in [0.2, 0.25) is 6.41 Å². The van der Waals surface area contributed by atoms with E-state index in [4.69, 9.17) is 5.73 Å². The van der Waals surface area contributed by atoms with Gasteiger partial charge in [0.05, 0.1) is 6.04 Å². The molecule has 6 heteroatoms. The monoisotopic (exact) mass is 229 g/mol. The second-order valence-corrected chi connectivity index (χ2v) is 3.16. The summed E-state index contributed by atoms with van der Waals surface area (Å²) in [5, 5.41) is 5.20. The lowest BCUT2D eigenvalue weighted by Gasteiger charge is -2.17. The third-order valence-electron chi connectivity index (χ3n) is 2.10. The third-order valence-corrected chi connectivity index (χ3v) is 2.10. The summed E-state index contributed by atoms with van der Waals surface area (Å²) in [7, 11) is 0. The summed E-state index contributed by atoms with van der Waals surface area (Å²) in [6.07, 6.45) is 0.464. The molecule has 0 aromatic heterocycles. The Morgan fingerprint density at radius 2 is 2.19 bits per heavy atom. The van der Waals surface area contributed by atoms with Crippen LogP contribution in [0.4, 0.5) is 8.78 Å². The van der Waals surface area contributed by atoms with Crippen molar-refractivity contribution in [1.29, 1.82) is 0 Å². The number of hydrogen-bond acceptors (Lipinski definition) is 3. The number of carbonyl (C=O) groups is 1. The van der Waals surface area contributed by atoms with Gasteiger partial charge in [0.1, 0.15) is 11.6 Å². The molecule has 0 aliphatic heterocycles. The van der Waals surface area contributed by atoms with Gasteiger partial charge in [0.15, 0.2) is 0 Å². The molecule has 4 N–H and O–H groups in total. The molecule has 1 aromatic rings. The number of carbonyl (C=O) groups excluding carboxylic acids is 1. The van der Waals surface area contributed by atoms with Gasteiger partial charge in [0, 0.05) is 24.8 Å². The molecule has 0 radical (unpaired) electrons. The number of amides is 1. The third kappa shape index (κ3) is 3.25. The van der Waals surface area contributed by atoms with E-state index < -0.39 is 17.7 Å². The topological polar surface area (TPSA) is 67.2 Å². The predicted octanol–water partition coefficient (Wildman–Crippen LogP) is 0.258. The van der Waals surface area contributed by atoms with E-state index in [1.165, 1.54) is 6.07 Å². The summed E-state index contributed by atoms with van der Waals surface area (Å²) >= 11 is 0. The molecule has 0 fully saturated rings. The van der Waals surface area contributed by atoms with E-state index in [0.717, 1.165) is 12.1 Å². The minimum Gasteiger partial charge on any atom is -0.350 e. The lowest BCUT2D eigenvalue weighted by Crippen LogP contribution is -2.34. The van der Waals surface area contributed by atoms with E-state index in [1.54, 1.807) is 0 Å². The van der Waals surface area contributed by atoms with E-state index in [-0.39, 0.29) is 18.8 Å². The van der Waals surface area contributed by atoms with Crippen molar-refractivity contribution in [3.05, 3.63) is 35.4 Å². The first-order valence-electron chi connectivity index (χ1n) is 4.74. The van der Waals surface area contributed by atoms with Crippen molar-refractivity contribution in [2.24, 2.45) is 5.73 Å². The number of halogens is 2. The predicted molar refractivity (Wildman–Crippen MR) is 55.4 cm³/mol. The number of benzene rings is 1. The first-order valence-corrected chi connectivity index (χ1v) is 4.74. The number of nitrogens with one attached hydrogen (secondary N) is 2. The number of hydrogen-bond donors (Lipinski definition) is 3. The van der Waals surface area contributed by atoms with Gasteiger partial charge in [-0.3, -0.25) is 4.79 Å². The molecule has 16 heavy (non-hydrogen) atoms. The Hall–Kier alpha value is -1.53. The average molecular weight is 229 g/mol. The van der Waals surface area contributed by atoms with Gasteiger partial charge < -0.3 is 16.4 Å². The largest absolute Gasteiger partial charge is 0.350 e. The summed E-state index contributed by atoms with van der Waals surface area (Å²) in [5.41, 5.74) is 5.45. The molecular formula is C10H13F2N3O. The molecule has 0 spiro atoms. The van der Waals surface area contributed by atoms with E-state index in [9.17, 15) is 13.6 Å². The highest BCUT2D eigenvalue weighted by molar-refractivity contribution is 5.48. The van der Waals surface area contributed by atoms with Crippen LogP contribution in [0.15, 0.2) is 18.2 Å². The molecule has 1 rings (SSSR count). The maximum absolute atomic E-state index is 13.4. The van der Waals surface area contributed by atoms with Gasteiger partial charge in [0.25, 0.3) is 0 Å². The first kappa shape index (κ1) is 12.5. The fourth-order valence-corrected chi connectivity index (χ4v) is 1.35. The zero-order chi connectivity index (χ0) is 12.0. The van der Waals surface area contributed by atoms with Crippen molar-refractivity contribution >= 4 is 6.41 Å². The zero-order valence-electron chi connectivity index (χ0n) is 8.54. The molecule has 1 atom stereocenters. The Labute approximate surface area is 91.8 Å². The van der Waals surface area contributed by atoms with E-state index in [1.807, 2.05) is 0 Å². The Kier molecular flexibility index (Phi) is 4.81. The van der Waals surface area contributed by atoms with E-state index >= 15 is 0 Å². The Balaban J connectivity index is 2.86. The lowest BCUT2D eigenvalue weighted by atomic mass is 10.1. The highest BCUT2D eigenvalue weighted by atomic mass is 19.1. The minimum absolute atomic E-state index is 0.208. The Morgan fingerprint density at radius 1 is 1.44 bits per heavy atom. The molecule has 0 bridgehead atoms. The van der Waals surface area contributed by atoms with Crippen molar-refractivity contribution < 1.29 is 13.6 Å². The molecule has 88 valence electrons. The molecule has 0 saturated heterocycles. The van der Waals surface area contributed by atoms with Crippen molar-refractivity contribution in [1.82, 2.24) is 10.6 Å². The van der Waals surface area contributed by atoms with Gasteiger partial charge in [-0.05, 0) is 6.07 Å². The summed E-state index contributed by atoms with van der Waals surface area (Å²) in [6, 6.07) is 2.64. The SMILES string of the molecule is NCNCC(NC=O)c1ccc(F)cc1F. The van der Waals surface area contributed by atoms with Crippen molar-refractivity contribution in [3.63, 3.8) is 0 Å². The van der Waals surface area contributed by atoms with Crippen LogP contribution in [0.5, 0.6) is 0 Å². The average Bonchev–Trinajstić information content (AvgIpc) is 2.25. The van der Waals surface area contributed by atoms with Gasteiger partial charge >= 0.3 is 0 Å². The van der Waals surface area contributed by atoms with Gasteiger partial charge in [-0.25, -0.2) is 8.78 Å². The highest BCUT2D eigenvalue weighted by Gasteiger charge is 2.14. The van der Waals surface area contributed by atoms with E-state index in [2.05, 4.69) is 10.6 Å². The van der Waals surface area contributed by atoms with Gasteiger partial charge in [-0.1, -0.05) is 6.07 Å². The first-order chi connectivity index (χ1) is 7.69. The Bertz CT molecular complexity index is 360. The number of rotatable bonds is 6. The molecule has 4 nitrogen and oxygen atoms in total. The van der Waals surface area contributed by atoms with Crippen molar-refractivity contribution in [2.75, 3.05) is 13.2 Å². The van der Waals surface area contributed by atoms with Crippen LogP contribution in [0.25, 0.3) is 0 Å². The van der Waals surface area contributed by atoms with Crippen molar-refractivity contribution in [3.8, 4) is 0 Å². The van der Waals surface area contributed by atoms with Crippen LogP contribution < -0.4 is 16.4 Å². The summed E-state index contributed by atoms with van der Waals surface area (Å²) < 4.78 is 26.1. The highest BCUT2D eigenvalue weighted by Crippen LogP contribution is 2.17. The van der Waals surface area contributed by atoms with Crippen LogP contribution in [0.2, 0.25) is 0 Å². The second kappa shape index (κ2) is 6.14. The van der Waals surface area contributed by atoms with E-state index in [0.29, 0.717) is 6.41 Å². The smallest absolute Gasteiger partial charge is 0.207 e. The van der Waals surface area contributed by atoms with Crippen LogP contribution in [0.3, 0.4) is 0 Å². The van der Waals surface area contributed by atoms with Crippen LogP contribution in [0.1, 0.15) is 11.6 Å². The molecule has 0 aliphatic rings. The minimum atomic E-state index is -0.696. The zero-order valence-corrected chi connectivity index (χ0v) is 8.54. The Morgan fingerprint density at radius 3 is 2.75 bits per heavy atom. The summed E-state index contributed by atoms with van der Waals surface area (Å²) in [4.78, 5) is 10.4. The maximum Gasteiger partial charge on any atom is 0.207 e. The van der Waals surface area contributed by atoms with Crippen molar-refractivity contribution in [2.45, 2.75) is 6.04 Å². The molecule has 1 amide bonds. The van der Waals surface area contributed by atoms with Gasteiger partial charge in [-0.2, -0.15) is 0 Å². The standard InChI is InChI=1S/C10H13F2N3O/c11-7-1-2-8(9(12)3-7)10(15-6-16)4-14-5-13/h1-3,6,10,14H,4-5,13H2,(H,15,16). The molecule has 1 aromatic carbocycles. The fraction of sp³-hybridized carbons (Fsp3) is 0.300. The molecule has 0 heterocycles. The number of nitrogens with two attached hydrogens (primary N) is 1. The quantitative estimate of drug-likeness (QED) is 0.484. The van der Waals surface area contributed by atoms with Crippen LogP contribution in [0, 0.1) is 11.6 Å². The van der Waals surface area contributed by atoms with Gasteiger partial charge in [-0.15, -0.1) is 0 Å². The molecule has 1 unspecified atom stereocenters. The van der Waals surface area contributed by atoms with Crippen LogP contribution in [-0.2, 0) is 4.79 Å². The normalized spacial score (nSPS) is 12.2.